The van der Waals surface area contributed by atoms with Gasteiger partial charge in [0.2, 0.25) is 0 Å². The highest BCUT2D eigenvalue weighted by atomic mass is 16.5. The van der Waals surface area contributed by atoms with Crippen molar-refractivity contribution in [3.8, 4) is 0 Å². The van der Waals surface area contributed by atoms with Crippen molar-refractivity contribution < 1.29 is 9.53 Å². The maximum Gasteiger partial charge on any atom is 0.306 e. The Labute approximate surface area is 138 Å². The second kappa shape index (κ2) is 6.26. The molecule has 2 aliphatic carbocycles. The van der Waals surface area contributed by atoms with Crippen LogP contribution in [0.2, 0.25) is 0 Å². The summed E-state index contributed by atoms with van der Waals surface area (Å²) in [5.41, 5.74) is 2.42. The topological polar surface area (TPSA) is 39.2 Å². The van der Waals surface area contributed by atoms with Crippen LogP contribution in [0.5, 0.6) is 0 Å². The lowest BCUT2D eigenvalue weighted by Gasteiger charge is -2.46. The standard InChI is InChI=1S/C20H27NO2/c1-13-6-8-15(21-12-13)9-7-14-10-19-18(11-20(22)23-19)17-5-3-2-4-16(14)17/h6,8,12,14,16-19H,2-5,7,9-11H2,1H3/t14-,16+,17-,18+,19-/m1/s1. The Balaban J connectivity index is 1.46. The predicted octanol–water partition coefficient (Wildman–Crippen LogP) is 4.08. The van der Waals surface area contributed by atoms with Crippen molar-refractivity contribution in [1.29, 1.82) is 0 Å². The Morgan fingerprint density at radius 3 is 2.78 bits per heavy atom. The summed E-state index contributed by atoms with van der Waals surface area (Å²) in [5.74, 6) is 2.80. The van der Waals surface area contributed by atoms with Gasteiger partial charge in [-0.15, -0.1) is 0 Å². The molecule has 1 aromatic rings. The Morgan fingerprint density at radius 2 is 2.00 bits per heavy atom. The van der Waals surface area contributed by atoms with Crippen LogP contribution in [0.4, 0.5) is 0 Å². The summed E-state index contributed by atoms with van der Waals surface area (Å²) in [4.78, 5) is 16.3. The quantitative estimate of drug-likeness (QED) is 0.789. The molecule has 3 aliphatic rings. The van der Waals surface area contributed by atoms with Crippen molar-refractivity contribution in [1.82, 2.24) is 4.98 Å². The van der Waals surface area contributed by atoms with Crippen LogP contribution >= 0.6 is 0 Å². The summed E-state index contributed by atoms with van der Waals surface area (Å²) in [7, 11) is 0. The highest BCUT2D eigenvalue weighted by Crippen LogP contribution is 2.52. The Bertz CT molecular complexity index is 568. The van der Waals surface area contributed by atoms with Crippen LogP contribution in [0.25, 0.3) is 0 Å². The molecule has 0 radical (unpaired) electrons. The van der Waals surface area contributed by atoms with E-state index in [0.717, 1.165) is 24.7 Å². The molecule has 5 atom stereocenters. The van der Waals surface area contributed by atoms with Gasteiger partial charge < -0.3 is 4.74 Å². The highest BCUT2D eigenvalue weighted by Gasteiger charge is 2.50. The van der Waals surface area contributed by atoms with E-state index in [0.29, 0.717) is 18.3 Å². The van der Waals surface area contributed by atoms with Gasteiger partial charge in [-0.25, -0.2) is 0 Å². The van der Waals surface area contributed by atoms with Gasteiger partial charge in [0.05, 0.1) is 6.42 Å². The number of fused-ring (bicyclic) bond motifs is 3. The molecule has 1 aromatic heterocycles. The SMILES string of the molecule is Cc1ccc(CC[C@@H]2C[C@H]3OC(=O)C[C@H]3[C@@H]3CCCC[C@@H]23)nc1. The van der Waals surface area contributed by atoms with E-state index in [9.17, 15) is 4.79 Å². The number of aryl methyl sites for hydroxylation is 2. The second-order valence-electron chi connectivity index (χ2n) is 7.87. The number of rotatable bonds is 3. The lowest BCUT2D eigenvalue weighted by Crippen LogP contribution is -2.42. The van der Waals surface area contributed by atoms with Gasteiger partial charge in [0.1, 0.15) is 6.10 Å². The molecule has 0 unspecified atom stereocenters. The van der Waals surface area contributed by atoms with Gasteiger partial charge in [-0.05, 0) is 68.4 Å². The van der Waals surface area contributed by atoms with Crippen LogP contribution in [0.15, 0.2) is 18.3 Å². The molecule has 1 aliphatic heterocycles. The van der Waals surface area contributed by atoms with Gasteiger partial charge in [-0.2, -0.15) is 0 Å². The smallest absolute Gasteiger partial charge is 0.306 e. The molecule has 4 rings (SSSR count). The lowest BCUT2D eigenvalue weighted by atomic mass is 9.59. The summed E-state index contributed by atoms with van der Waals surface area (Å²) in [6.45, 7) is 2.08. The molecule has 0 amide bonds. The van der Waals surface area contributed by atoms with E-state index < -0.39 is 0 Å². The average Bonchev–Trinajstić information content (AvgIpc) is 2.94. The van der Waals surface area contributed by atoms with Gasteiger partial charge in [-0.1, -0.05) is 18.9 Å². The number of hydrogen-bond acceptors (Lipinski definition) is 3. The molecule has 2 saturated carbocycles. The molecular weight excluding hydrogens is 286 g/mol. The van der Waals surface area contributed by atoms with Crippen molar-refractivity contribution in [3.63, 3.8) is 0 Å². The van der Waals surface area contributed by atoms with Crippen LogP contribution in [0, 0.1) is 30.6 Å². The van der Waals surface area contributed by atoms with E-state index in [1.165, 1.54) is 43.4 Å². The van der Waals surface area contributed by atoms with E-state index in [-0.39, 0.29) is 12.1 Å². The maximum atomic E-state index is 11.8. The second-order valence-corrected chi connectivity index (χ2v) is 7.87. The summed E-state index contributed by atoms with van der Waals surface area (Å²) in [6.07, 6.45) is 11.6. The van der Waals surface area contributed by atoms with E-state index in [4.69, 9.17) is 4.74 Å². The molecule has 3 fully saturated rings. The van der Waals surface area contributed by atoms with Crippen LogP contribution < -0.4 is 0 Å². The number of hydrogen-bond donors (Lipinski definition) is 0. The monoisotopic (exact) mass is 313 g/mol. The molecule has 23 heavy (non-hydrogen) atoms. The van der Waals surface area contributed by atoms with Crippen molar-refractivity contribution in [3.05, 3.63) is 29.6 Å². The fraction of sp³-hybridized carbons (Fsp3) is 0.700. The fourth-order valence-electron chi connectivity index (χ4n) is 5.37. The number of carbonyl (C=O) groups excluding carboxylic acids is 1. The number of carbonyl (C=O) groups is 1. The van der Waals surface area contributed by atoms with Crippen molar-refractivity contribution in [2.75, 3.05) is 0 Å². The summed E-state index contributed by atoms with van der Waals surface area (Å²) in [5, 5.41) is 0. The number of pyridine rings is 1. The third-order valence-corrected chi connectivity index (χ3v) is 6.47. The van der Waals surface area contributed by atoms with Crippen LogP contribution in [-0.4, -0.2) is 17.1 Å². The van der Waals surface area contributed by atoms with Crippen LogP contribution in [-0.2, 0) is 16.0 Å². The van der Waals surface area contributed by atoms with Gasteiger partial charge in [0.25, 0.3) is 0 Å². The molecule has 0 spiro atoms. The Morgan fingerprint density at radius 1 is 1.17 bits per heavy atom. The number of nitrogens with zero attached hydrogens (tertiary/aromatic N) is 1. The molecule has 0 N–H and O–H groups in total. The van der Waals surface area contributed by atoms with Gasteiger partial charge >= 0.3 is 5.97 Å². The first-order valence-electron chi connectivity index (χ1n) is 9.32. The first kappa shape index (κ1) is 15.2. The molecule has 124 valence electrons. The number of aromatic nitrogens is 1. The van der Waals surface area contributed by atoms with Crippen molar-refractivity contribution >= 4 is 5.97 Å². The molecule has 0 aromatic carbocycles. The lowest BCUT2D eigenvalue weighted by molar-refractivity contribution is -0.143. The number of esters is 1. The zero-order valence-electron chi connectivity index (χ0n) is 14.0. The summed E-state index contributed by atoms with van der Waals surface area (Å²) in [6, 6.07) is 4.32. The predicted molar refractivity (Wildman–Crippen MR) is 88.8 cm³/mol. The van der Waals surface area contributed by atoms with Crippen LogP contribution in [0.3, 0.4) is 0 Å². The van der Waals surface area contributed by atoms with Crippen molar-refractivity contribution in [2.24, 2.45) is 23.7 Å². The van der Waals surface area contributed by atoms with Gasteiger partial charge in [-0.3, -0.25) is 9.78 Å². The molecule has 0 bridgehead atoms. The Kier molecular flexibility index (Phi) is 4.13. The van der Waals surface area contributed by atoms with Crippen LogP contribution in [0.1, 0.15) is 56.2 Å². The van der Waals surface area contributed by atoms with Gasteiger partial charge in [0, 0.05) is 17.8 Å². The first-order valence-corrected chi connectivity index (χ1v) is 9.32. The third-order valence-electron chi connectivity index (χ3n) is 6.47. The zero-order chi connectivity index (χ0) is 15.8. The van der Waals surface area contributed by atoms with Crippen molar-refractivity contribution in [2.45, 2.75) is 64.4 Å². The Hall–Kier alpha value is -1.38. The minimum atomic E-state index is 0.0465. The maximum absolute atomic E-state index is 11.8. The minimum Gasteiger partial charge on any atom is -0.462 e. The minimum absolute atomic E-state index is 0.0465. The summed E-state index contributed by atoms with van der Waals surface area (Å²) < 4.78 is 5.66. The number of ether oxygens (including phenoxy) is 1. The van der Waals surface area contributed by atoms with Gasteiger partial charge in [0.15, 0.2) is 0 Å². The molecule has 3 heteroatoms. The van der Waals surface area contributed by atoms with E-state index in [1.54, 1.807) is 0 Å². The molecule has 3 nitrogen and oxygen atoms in total. The normalized spacial score (nSPS) is 36.2. The van der Waals surface area contributed by atoms with E-state index >= 15 is 0 Å². The molecular formula is C20H27NO2. The average molecular weight is 313 g/mol. The third kappa shape index (κ3) is 3.02. The highest BCUT2D eigenvalue weighted by molar-refractivity contribution is 5.72. The zero-order valence-corrected chi connectivity index (χ0v) is 14.0. The fourth-order valence-corrected chi connectivity index (χ4v) is 5.37. The largest absolute Gasteiger partial charge is 0.462 e. The molecule has 2 heterocycles. The van der Waals surface area contributed by atoms with E-state index in [1.807, 2.05) is 6.20 Å². The first-order chi connectivity index (χ1) is 11.2. The molecule has 1 saturated heterocycles. The summed E-state index contributed by atoms with van der Waals surface area (Å²) >= 11 is 0. The van der Waals surface area contributed by atoms with E-state index in [2.05, 4.69) is 24.0 Å².